The van der Waals surface area contributed by atoms with Gasteiger partial charge in [0.1, 0.15) is 17.8 Å². The third-order valence-corrected chi connectivity index (χ3v) is 9.35. The fourth-order valence-corrected chi connectivity index (χ4v) is 6.83. The summed E-state index contributed by atoms with van der Waals surface area (Å²) in [5.74, 6) is -2.24. The molecule has 0 bridgehead atoms. The summed E-state index contributed by atoms with van der Waals surface area (Å²) < 4.78 is 61.3. The van der Waals surface area contributed by atoms with Gasteiger partial charge in [0.15, 0.2) is 17.6 Å². The first-order valence-electron chi connectivity index (χ1n) is 14.2. The molecule has 15 nitrogen and oxygen atoms in total. The van der Waals surface area contributed by atoms with Gasteiger partial charge in [0.2, 0.25) is 13.6 Å². The van der Waals surface area contributed by atoms with Gasteiger partial charge in [-0.05, 0) is 61.3 Å². The van der Waals surface area contributed by atoms with Crippen LogP contribution in [0.3, 0.4) is 0 Å². The van der Waals surface area contributed by atoms with E-state index in [1.807, 2.05) is 0 Å². The number of carbonyl (C=O) groups is 2. The highest BCUT2D eigenvalue weighted by molar-refractivity contribution is 7.48. The molecule has 3 heterocycles. The third-order valence-electron chi connectivity index (χ3n) is 8.02. The first-order chi connectivity index (χ1) is 19.9. The quantitative estimate of drug-likeness (QED) is 0.239. The van der Waals surface area contributed by atoms with Crippen molar-refractivity contribution in [3.63, 3.8) is 0 Å². The van der Waals surface area contributed by atoms with Gasteiger partial charge < -0.3 is 23.7 Å². The SMILES string of the molecule is CC(C)(C)C(=O)OCOP(=O)(OCOC(=O)C(C)(C)C)OC1[C@H]2O[C@@H](n3ccc(=O)[nH]c3=O)[C@]3(C)OC4(CCCC4)O[C@]123. The predicted molar refractivity (Wildman–Crippen MR) is 145 cm³/mol. The number of rotatable bonds is 9. The van der Waals surface area contributed by atoms with E-state index in [0.29, 0.717) is 12.8 Å². The van der Waals surface area contributed by atoms with Gasteiger partial charge in [-0.15, -0.1) is 0 Å². The highest BCUT2D eigenvalue weighted by atomic mass is 31.2. The molecule has 43 heavy (non-hydrogen) atoms. The van der Waals surface area contributed by atoms with Crippen LogP contribution in [0, 0.1) is 10.8 Å². The summed E-state index contributed by atoms with van der Waals surface area (Å²) in [5.41, 5.74) is -5.68. The monoisotopic (exact) mass is 630 g/mol. The van der Waals surface area contributed by atoms with E-state index in [9.17, 15) is 23.7 Å². The van der Waals surface area contributed by atoms with Crippen LogP contribution in [0.15, 0.2) is 21.9 Å². The van der Waals surface area contributed by atoms with E-state index in [1.165, 1.54) is 16.8 Å². The number of ether oxygens (including phenoxy) is 5. The van der Waals surface area contributed by atoms with Crippen molar-refractivity contribution in [2.75, 3.05) is 13.6 Å². The number of esters is 2. The summed E-state index contributed by atoms with van der Waals surface area (Å²) in [6.07, 6.45) is 1.15. The highest BCUT2D eigenvalue weighted by Crippen LogP contribution is 2.73. The molecule has 0 radical (unpaired) electrons. The van der Waals surface area contributed by atoms with Crippen LogP contribution >= 0.6 is 7.82 Å². The van der Waals surface area contributed by atoms with Crippen LogP contribution in [0.5, 0.6) is 0 Å². The molecule has 2 aliphatic carbocycles. The summed E-state index contributed by atoms with van der Waals surface area (Å²) in [5, 5.41) is 0. The molecule has 0 amide bonds. The Kier molecular flexibility index (Phi) is 7.90. The van der Waals surface area contributed by atoms with Gasteiger partial charge in [-0.1, -0.05) is 0 Å². The van der Waals surface area contributed by atoms with Crippen molar-refractivity contribution in [1.82, 2.24) is 9.55 Å². The van der Waals surface area contributed by atoms with E-state index >= 15 is 0 Å². The summed E-state index contributed by atoms with van der Waals surface area (Å²) in [6.45, 7) is 9.96. The molecule has 5 rings (SSSR count). The van der Waals surface area contributed by atoms with Gasteiger partial charge in [0, 0.05) is 25.1 Å². The summed E-state index contributed by atoms with van der Waals surface area (Å²) >= 11 is 0. The average molecular weight is 631 g/mol. The number of phosphoric acid groups is 1. The molecule has 4 aliphatic rings. The Hall–Kier alpha value is -2.39. The molecule has 1 unspecified atom stereocenters. The predicted octanol–water partition coefficient (Wildman–Crippen LogP) is 2.88. The fourth-order valence-electron chi connectivity index (χ4n) is 5.72. The fraction of sp³-hybridized carbons (Fsp3) is 0.778. The van der Waals surface area contributed by atoms with Gasteiger partial charge in [-0.3, -0.25) is 28.5 Å². The number of aromatic amines is 1. The second kappa shape index (κ2) is 10.6. The number of aromatic nitrogens is 2. The molecule has 0 aromatic carbocycles. The Morgan fingerprint density at radius 2 is 1.56 bits per heavy atom. The lowest BCUT2D eigenvalue weighted by Gasteiger charge is -2.34. The van der Waals surface area contributed by atoms with E-state index in [-0.39, 0.29) is 0 Å². The van der Waals surface area contributed by atoms with E-state index in [1.54, 1.807) is 48.5 Å². The number of phosphoric ester groups is 1. The molecular formula is C27H39N2O13P. The first-order valence-corrected chi connectivity index (χ1v) is 15.6. The highest BCUT2D eigenvalue weighted by Gasteiger charge is 2.91. The van der Waals surface area contributed by atoms with E-state index < -0.39 is 90.9 Å². The second-order valence-electron chi connectivity index (χ2n) is 13.5. The number of nitrogens with zero attached hydrogens (tertiary/aromatic N) is 1. The molecule has 4 fully saturated rings. The maximum Gasteiger partial charge on any atom is 0.481 e. The molecule has 2 saturated heterocycles. The van der Waals surface area contributed by atoms with Crippen LogP contribution in [-0.4, -0.2) is 64.3 Å². The molecule has 5 atom stereocenters. The minimum Gasteiger partial charge on any atom is -0.437 e. The zero-order chi connectivity index (χ0) is 31.6. The standard InChI is InChI=1S/C27H39N2O13P/c1-23(2,3)20(31)35-14-37-43(34,38-15-36-21(32)24(4,5)6)40-18-17-27(18)25(7,41-26(42-27)11-8-9-12-26)19(39-17)29-13-10-16(30)28-22(29)33/h10,13,17-19H,8-9,11-12,14-15H2,1-7H3,(H,28,30,33)/t17-,18?,19-,25+,27+/m1/s1. The van der Waals surface area contributed by atoms with Crippen LogP contribution in [0.1, 0.15) is 80.4 Å². The summed E-state index contributed by atoms with van der Waals surface area (Å²) in [4.78, 5) is 51.2. The lowest BCUT2D eigenvalue weighted by atomic mass is 9.95. The number of H-pyrrole nitrogens is 1. The van der Waals surface area contributed by atoms with Gasteiger partial charge in [0.25, 0.3) is 5.56 Å². The summed E-state index contributed by atoms with van der Waals surface area (Å²) in [7, 11) is -4.61. The first kappa shape index (κ1) is 32.0. The molecule has 1 aromatic rings. The van der Waals surface area contributed by atoms with E-state index in [4.69, 9.17) is 37.3 Å². The Balaban J connectivity index is 1.40. The van der Waals surface area contributed by atoms with Crippen LogP contribution in [-0.2, 0) is 51.4 Å². The van der Waals surface area contributed by atoms with Gasteiger partial charge in [0.05, 0.1) is 10.8 Å². The zero-order valence-electron chi connectivity index (χ0n) is 25.3. The maximum atomic E-state index is 13.9. The Morgan fingerprint density at radius 1 is 1.00 bits per heavy atom. The van der Waals surface area contributed by atoms with Crippen molar-refractivity contribution >= 4 is 19.8 Å². The van der Waals surface area contributed by atoms with Crippen molar-refractivity contribution in [3.8, 4) is 0 Å². The van der Waals surface area contributed by atoms with Gasteiger partial charge in [-0.2, -0.15) is 0 Å². The maximum absolute atomic E-state index is 13.9. The molecule has 240 valence electrons. The lowest BCUT2D eigenvalue weighted by molar-refractivity contribution is -0.223. The van der Waals surface area contributed by atoms with Crippen LogP contribution in [0.2, 0.25) is 0 Å². The number of hydrogen-bond donors (Lipinski definition) is 1. The van der Waals surface area contributed by atoms with E-state index in [0.717, 1.165) is 12.8 Å². The Bertz CT molecular complexity index is 1400. The molecule has 16 heteroatoms. The minimum atomic E-state index is -4.61. The number of carbonyl (C=O) groups excluding carboxylic acids is 2. The topological polar surface area (TPSA) is 180 Å². The zero-order valence-corrected chi connectivity index (χ0v) is 26.2. The second-order valence-corrected chi connectivity index (χ2v) is 15.1. The van der Waals surface area contributed by atoms with Crippen molar-refractivity contribution in [2.24, 2.45) is 10.8 Å². The molecule has 2 spiro atoms. The van der Waals surface area contributed by atoms with Crippen LogP contribution in [0.25, 0.3) is 0 Å². The van der Waals surface area contributed by atoms with Gasteiger partial charge >= 0.3 is 25.5 Å². The molecule has 1 aromatic heterocycles. The minimum absolute atomic E-state index is 0.573. The third kappa shape index (κ3) is 5.65. The van der Waals surface area contributed by atoms with Gasteiger partial charge in [-0.25, -0.2) is 18.4 Å². The van der Waals surface area contributed by atoms with Crippen molar-refractivity contribution in [3.05, 3.63) is 33.1 Å². The molecule has 2 aliphatic heterocycles. The normalized spacial score (nSPS) is 31.1. The average Bonchev–Trinajstić information content (AvgIpc) is 3.16. The van der Waals surface area contributed by atoms with Crippen LogP contribution < -0.4 is 11.2 Å². The molecule has 2 saturated carbocycles. The molecular weight excluding hydrogens is 591 g/mol. The number of hydrogen-bond acceptors (Lipinski definition) is 13. The lowest BCUT2D eigenvalue weighted by Crippen LogP contribution is -2.49. The van der Waals surface area contributed by atoms with Crippen molar-refractivity contribution in [1.29, 1.82) is 0 Å². The Morgan fingerprint density at radius 3 is 2.07 bits per heavy atom. The van der Waals surface area contributed by atoms with E-state index in [2.05, 4.69) is 4.98 Å². The van der Waals surface area contributed by atoms with Crippen molar-refractivity contribution in [2.45, 2.75) is 110 Å². The largest absolute Gasteiger partial charge is 0.481 e. The Labute approximate surface area is 248 Å². The summed E-state index contributed by atoms with van der Waals surface area (Å²) in [6, 6.07) is 1.19. The smallest absolute Gasteiger partial charge is 0.437 e. The molecule has 1 N–H and O–H groups in total. The number of nitrogens with one attached hydrogen (secondary N) is 1. The van der Waals surface area contributed by atoms with Crippen LogP contribution in [0.4, 0.5) is 0 Å². The van der Waals surface area contributed by atoms with Crippen molar-refractivity contribution < 1.29 is 51.4 Å².